The number of aryl methyl sites for hydroxylation is 1. The van der Waals surface area contributed by atoms with Crippen LogP contribution in [0.2, 0.25) is 0 Å². The van der Waals surface area contributed by atoms with Gasteiger partial charge < -0.3 is 15.5 Å². The third-order valence-corrected chi connectivity index (χ3v) is 5.81. The van der Waals surface area contributed by atoms with Gasteiger partial charge in [-0.05, 0) is 45.1 Å². The minimum atomic E-state index is -0.381. The van der Waals surface area contributed by atoms with Gasteiger partial charge in [-0.2, -0.15) is 0 Å². The van der Waals surface area contributed by atoms with Gasteiger partial charge in [-0.15, -0.1) is 0 Å². The van der Waals surface area contributed by atoms with Crippen molar-refractivity contribution >= 4 is 11.8 Å². The number of amides is 2. The number of benzene rings is 1. The summed E-state index contributed by atoms with van der Waals surface area (Å²) < 4.78 is 0. The SMILES string of the molecule is CCCCC(NC(=O)CCCCCCc1ccccc1)C(=O)N1CC(C)N[C@@H](C)C1. The molecule has 5 nitrogen and oxygen atoms in total. The van der Waals surface area contributed by atoms with E-state index in [4.69, 9.17) is 0 Å². The molecule has 1 aromatic carbocycles. The summed E-state index contributed by atoms with van der Waals surface area (Å²) in [7, 11) is 0. The van der Waals surface area contributed by atoms with Crippen LogP contribution in [0.3, 0.4) is 0 Å². The zero-order valence-electron chi connectivity index (χ0n) is 19.2. The van der Waals surface area contributed by atoms with Gasteiger partial charge in [0.1, 0.15) is 6.04 Å². The van der Waals surface area contributed by atoms with E-state index in [-0.39, 0.29) is 29.9 Å². The fourth-order valence-corrected chi connectivity index (χ4v) is 4.27. The predicted octanol–water partition coefficient (Wildman–Crippen LogP) is 4.06. The van der Waals surface area contributed by atoms with E-state index in [0.29, 0.717) is 19.5 Å². The van der Waals surface area contributed by atoms with Crippen LogP contribution >= 0.6 is 0 Å². The van der Waals surface area contributed by atoms with Crippen LogP contribution in [0, 0.1) is 0 Å². The second kappa shape index (κ2) is 13.4. The molecule has 2 unspecified atom stereocenters. The van der Waals surface area contributed by atoms with E-state index in [1.54, 1.807) is 0 Å². The lowest BCUT2D eigenvalue weighted by Crippen LogP contribution is -2.59. The molecule has 1 heterocycles. The van der Waals surface area contributed by atoms with E-state index in [9.17, 15) is 9.59 Å². The molecule has 0 bridgehead atoms. The molecule has 1 aliphatic rings. The summed E-state index contributed by atoms with van der Waals surface area (Å²) in [5.41, 5.74) is 1.38. The Morgan fingerprint density at radius 3 is 2.37 bits per heavy atom. The number of nitrogens with zero attached hydrogens (tertiary/aromatic N) is 1. The average molecular weight is 416 g/mol. The monoisotopic (exact) mass is 415 g/mol. The largest absolute Gasteiger partial charge is 0.344 e. The van der Waals surface area contributed by atoms with Crippen molar-refractivity contribution in [3.05, 3.63) is 35.9 Å². The molecule has 2 rings (SSSR count). The molecular formula is C25H41N3O2. The van der Waals surface area contributed by atoms with Crippen molar-refractivity contribution in [1.82, 2.24) is 15.5 Å². The summed E-state index contributed by atoms with van der Waals surface area (Å²) in [5, 5.41) is 6.51. The van der Waals surface area contributed by atoms with Gasteiger partial charge in [0.05, 0.1) is 0 Å². The Morgan fingerprint density at radius 1 is 1.03 bits per heavy atom. The van der Waals surface area contributed by atoms with Crippen molar-refractivity contribution in [2.24, 2.45) is 0 Å². The Balaban J connectivity index is 1.71. The maximum atomic E-state index is 13.1. The van der Waals surface area contributed by atoms with Crippen LogP contribution in [0.5, 0.6) is 0 Å². The summed E-state index contributed by atoms with van der Waals surface area (Å²) in [6, 6.07) is 10.7. The van der Waals surface area contributed by atoms with Crippen molar-refractivity contribution in [2.45, 2.75) is 96.7 Å². The number of piperazine rings is 1. The number of unbranched alkanes of at least 4 members (excludes halogenated alkanes) is 4. The Kier molecular flexibility index (Phi) is 10.9. The van der Waals surface area contributed by atoms with Crippen molar-refractivity contribution in [3.63, 3.8) is 0 Å². The van der Waals surface area contributed by atoms with Crippen molar-refractivity contribution in [1.29, 1.82) is 0 Å². The number of hydrogen-bond donors (Lipinski definition) is 2. The standard InChI is InChI=1S/C25H41N3O2/c1-4-5-16-23(25(30)28-18-20(2)26-21(3)19-28)27-24(29)17-12-7-6-9-13-22-14-10-8-11-15-22/h8,10-11,14-15,20-21,23,26H,4-7,9,12-13,16-19H2,1-3H3,(H,27,29)/t20-,21?,23?/m0/s1. The summed E-state index contributed by atoms with van der Waals surface area (Å²) in [6.45, 7) is 7.75. The first-order chi connectivity index (χ1) is 14.5. The molecule has 0 spiro atoms. The lowest BCUT2D eigenvalue weighted by molar-refractivity contribution is -0.138. The molecule has 1 aromatic rings. The fourth-order valence-electron chi connectivity index (χ4n) is 4.27. The lowest BCUT2D eigenvalue weighted by Gasteiger charge is -2.38. The first-order valence-electron chi connectivity index (χ1n) is 11.9. The highest BCUT2D eigenvalue weighted by Gasteiger charge is 2.30. The summed E-state index contributed by atoms with van der Waals surface area (Å²) in [6.07, 6.45) is 8.54. The first-order valence-corrected chi connectivity index (χ1v) is 11.9. The highest BCUT2D eigenvalue weighted by molar-refractivity contribution is 5.87. The van der Waals surface area contributed by atoms with E-state index in [1.165, 1.54) is 5.56 Å². The van der Waals surface area contributed by atoms with Crippen LogP contribution in [-0.2, 0) is 16.0 Å². The van der Waals surface area contributed by atoms with E-state index >= 15 is 0 Å². The topological polar surface area (TPSA) is 61.4 Å². The van der Waals surface area contributed by atoms with Crippen LogP contribution < -0.4 is 10.6 Å². The zero-order chi connectivity index (χ0) is 21.8. The molecule has 3 atom stereocenters. The summed E-state index contributed by atoms with van der Waals surface area (Å²) in [5.74, 6) is 0.101. The Morgan fingerprint density at radius 2 is 1.70 bits per heavy atom. The average Bonchev–Trinajstić information content (AvgIpc) is 2.73. The lowest BCUT2D eigenvalue weighted by atomic mass is 10.0. The molecule has 1 aliphatic heterocycles. The highest BCUT2D eigenvalue weighted by atomic mass is 16.2. The quantitative estimate of drug-likeness (QED) is 0.506. The Hall–Kier alpha value is -1.88. The van der Waals surface area contributed by atoms with Crippen LogP contribution in [-0.4, -0.2) is 47.9 Å². The van der Waals surface area contributed by atoms with Crippen molar-refractivity contribution in [2.75, 3.05) is 13.1 Å². The molecule has 2 N–H and O–H groups in total. The molecule has 1 fully saturated rings. The molecule has 1 saturated heterocycles. The molecule has 2 amide bonds. The van der Waals surface area contributed by atoms with Gasteiger partial charge in [-0.1, -0.05) is 62.9 Å². The zero-order valence-corrected chi connectivity index (χ0v) is 19.2. The maximum Gasteiger partial charge on any atom is 0.245 e. The summed E-state index contributed by atoms with van der Waals surface area (Å²) in [4.78, 5) is 27.5. The highest BCUT2D eigenvalue weighted by Crippen LogP contribution is 2.12. The molecule has 5 heteroatoms. The third kappa shape index (κ3) is 8.86. The molecule has 0 aliphatic carbocycles. The van der Waals surface area contributed by atoms with Crippen LogP contribution in [0.4, 0.5) is 0 Å². The Bertz CT molecular complexity index is 625. The molecule has 0 aromatic heterocycles. The number of carbonyl (C=O) groups excluding carboxylic acids is 2. The molecule has 0 saturated carbocycles. The minimum Gasteiger partial charge on any atom is -0.344 e. The van der Waals surface area contributed by atoms with Gasteiger partial charge in [0, 0.05) is 31.6 Å². The van der Waals surface area contributed by atoms with Crippen LogP contribution in [0.25, 0.3) is 0 Å². The second-order valence-electron chi connectivity index (χ2n) is 8.87. The maximum absolute atomic E-state index is 13.1. The molecular weight excluding hydrogens is 374 g/mol. The number of nitrogens with one attached hydrogen (secondary N) is 2. The van der Waals surface area contributed by atoms with Gasteiger partial charge in [0.25, 0.3) is 0 Å². The number of hydrogen-bond acceptors (Lipinski definition) is 3. The van der Waals surface area contributed by atoms with Crippen molar-refractivity contribution < 1.29 is 9.59 Å². The van der Waals surface area contributed by atoms with Crippen LogP contribution in [0.1, 0.15) is 77.7 Å². The summed E-state index contributed by atoms with van der Waals surface area (Å²) >= 11 is 0. The second-order valence-corrected chi connectivity index (χ2v) is 8.87. The van der Waals surface area contributed by atoms with E-state index < -0.39 is 0 Å². The fraction of sp³-hybridized carbons (Fsp3) is 0.680. The van der Waals surface area contributed by atoms with Crippen molar-refractivity contribution in [3.8, 4) is 0 Å². The third-order valence-electron chi connectivity index (χ3n) is 5.81. The minimum absolute atomic E-state index is 0.0174. The van der Waals surface area contributed by atoms with Gasteiger partial charge in [-0.3, -0.25) is 9.59 Å². The van der Waals surface area contributed by atoms with E-state index in [2.05, 4.69) is 55.7 Å². The van der Waals surface area contributed by atoms with E-state index in [0.717, 1.165) is 51.4 Å². The number of carbonyl (C=O) groups is 2. The number of rotatable bonds is 12. The first kappa shape index (κ1) is 24.4. The molecule has 30 heavy (non-hydrogen) atoms. The predicted molar refractivity (Wildman–Crippen MR) is 123 cm³/mol. The van der Waals surface area contributed by atoms with Gasteiger partial charge in [0.15, 0.2) is 0 Å². The molecule has 0 radical (unpaired) electrons. The Labute approximate surface area is 183 Å². The van der Waals surface area contributed by atoms with E-state index in [1.807, 2.05) is 11.0 Å². The smallest absolute Gasteiger partial charge is 0.245 e. The van der Waals surface area contributed by atoms with Crippen LogP contribution in [0.15, 0.2) is 30.3 Å². The van der Waals surface area contributed by atoms with Gasteiger partial charge in [-0.25, -0.2) is 0 Å². The normalized spacial score (nSPS) is 20.0. The van der Waals surface area contributed by atoms with Gasteiger partial charge >= 0.3 is 0 Å². The van der Waals surface area contributed by atoms with Gasteiger partial charge in [0.2, 0.25) is 11.8 Å². The molecule has 168 valence electrons.